The molecule has 3 N–H and O–H groups in total. The van der Waals surface area contributed by atoms with Crippen LogP contribution < -0.4 is 5.32 Å². The number of aromatic nitrogens is 5. The Morgan fingerprint density at radius 2 is 2.00 bits per heavy atom. The van der Waals surface area contributed by atoms with Crippen LogP contribution in [0.25, 0.3) is 22.1 Å². The molecule has 0 radical (unpaired) electrons. The summed E-state index contributed by atoms with van der Waals surface area (Å²) in [5, 5.41) is 14.9. The van der Waals surface area contributed by atoms with Crippen molar-refractivity contribution in [1.29, 1.82) is 0 Å². The van der Waals surface area contributed by atoms with Gasteiger partial charge in [0.2, 0.25) is 10.0 Å². The maximum atomic E-state index is 13.2. The normalized spacial score (nSPS) is 21.4. The number of aryl methyl sites for hydroxylation is 1. The van der Waals surface area contributed by atoms with E-state index in [0.29, 0.717) is 56.0 Å². The number of imidazole rings is 1. The summed E-state index contributed by atoms with van der Waals surface area (Å²) in [6, 6.07) is 4.31. The zero-order valence-electron chi connectivity index (χ0n) is 23.5. The largest absolute Gasteiger partial charge is 0.417 e. The predicted octanol–water partition coefficient (Wildman–Crippen LogP) is 5.15. The van der Waals surface area contributed by atoms with Gasteiger partial charge in [0, 0.05) is 31.7 Å². The topological polar surface area (TPSA) is 129 Å². The third-order valence-electron chi connectivity index (χ3n) is 8.31. The van der Waals surface area contributed by atoms with Gasteiger partial charge < -0.3 is 20.0 Å². The molecule has 2 fully saturated rings. The van der Waals surface area contributed by atoms with Crippen LogP contribution in [0.3, 0.4) is 0 Å². The molecule has 2 saturated carbocycles. The molecule has 10 nitrogen and oxygen atoms in total. The molecule has 43 heavy (non-hydrogen) atoms. The van der Waals surface area contributed by atoms with Gasteiger partial charge in [-0.2, -0.15) is 13.2 Å². The number of halogens is 4. The first-order valence-electron chi connectivity index (χ1n) is 14.3. The third kappa shape index (κ3) is 6.61. The highest BCUT2D eigenvalue weighted by Gasteiger charge is 2.37. The number of unbranched alkanes of at least 4 members (excludes halogenated alkanes) is 1. The van der Waals surface area contributed by atoms with Crippen LogP contribution in [0.15, 0.2) is 30.7 Å². The standard InChI is InChI=1S/C28H33ClF3N7O3S/c1-43(41,42)38(8-3-2-4-25-36-21-12-19(28(30,31)32)20(29)13-22(21)37-25)14-16-10-23(24(40)11-16)39-9-7-18-26(35-17-5-6-17)33-15-34-27(18)39/h7,9,12-13,15-17,23-24,40H,2-6,8,10-11,14H2,1H3,(H,36,37)(H,33,34,35)/t16-,23+,24+/m0/s1. The molecule has 0 saturated heterocycles. The van der Waals surface area contributed by atoms with Crippen molar-refractivity contribution in [3.8, 4) is 0 Å². The monoisotopic (exact) mass is 639 g/mol. The van der Waals surface area contributed by atoms with E-state index in [1.54, 1.807) is 0 Å². The molecule has 2 aliphatic rings. The number of aliphatic hydroxyl groups is 1. The number of aliphatic hydroxyl groups excluding tert-OH is 1. The zero-order valence-corrected chi connectivity index (χ0v) is 25.1. The summed E-state index contributed by atoms with van der Waals surface area (Å²) in [6.07, 6.45) is 4.27. The lowest BCUT2D eigenvalue weighted by Gasteiger charge is -2.23. The molecule has 232 valence electrons. The van der Waals surface area contributed by atoms with E-state index in [1.807, 2.05) is 16.8 Å². The molecule has 0 aliphatic heterocycles. The highest BCUT2D eigenvalue weighted by Crippen LogP contribution is 2.39. The van der Waals surface area contributed by atoms with Crippen molar-refractivity contribution in [3.63, 3.8) is 0 Å². The van der Waals surface area contributed by atoms with Gasteiger partial charge in [0.1, 0.15) is 23.6 Å². The molecule has 6 rings (SSSR count). The number of rotatable bonds is 11. The van der Waals surface area contributed by atoms with Gasteiger partial charge in [-0.15, -0.1) is 0 Å². The number of nitrogens with zero attached hydrogens (tertiary/aromatic N) is 5. The van der Waals surface area contributed by atoms with E-state index in [4.69, 9.17) is 11.6 Å². The molecular formula is C28H33ClF3N7O3S. The van der Waals surface area contributed by atoms with Gasteiger partial charge in [-0.3, -0.25) is 0 Å². The first-order valence-corrected chi connectivity index (χ1v) is 16.6. The van der Waals surface area contributed by atoms with Gasteiger partial charge in [-0.25, -0.2) is 27.7 Å². The summed E-state index contributed by atoms with van der Waals surface area (Å²) in [6.45, 7) is 0.578. The average molecular weight is 640 g/mol. The smallest absolute Gasteiger partial charge is 0.391 e. The van der Waals surface area contributed by atoms with Gasteiger partial charge in [0.15, 0.2) is 0 Å². The summed E-state index contributed by atoms with van der Waals surface area (Å²) in [5.74, 6) is 1.26. The van der Waals surface area contributed by atoms with Crippen LogP contribution in [-0.2, 0) is 22.6 Å². The SMILES string of the molecule is CS(=O)(=O)N(CCCCc1nc2cc(Cl)c(C(F)(F)F)cc2[nH]1)C[C@@H]1C[C@@H](O)[C@H](n2ccc3c(NC4CC4)ncnc32)C1. The molecule has 3 aromatic heterocycles. The second-order valence-corrected chi connectivity index (χ2v) is 14.1. The molecule has 0 bridgehead atoms. The van der Waals surface area contributed by atoms with E-state index in [-0.39, 0.29) is 24.0 Å². The summed E-state index contributed by atoms with van der Waals surface area (Å²) in [7, 11) is -3.50. The summed E-state index contributed by atoms with van der Waals surface area (Å²) < 4.78 is 68.3. The molecular weight excluding hydrogens is 607 g/mol. The Hall–Kier alpha value is -2.94. The summed E-state index contributed by atoms with van der Waals surface area (Å²) in [5.41, 5.74) is 0.410. The van der Waals surface area contributed by atoms with Crippen LogP contribution in [0.4, 0.5) is 19.0 Å². The summed E-state index contributed by atoms with van der Waals surface area (Å²) in [4.78, 5) is 16.1. The van der Waals surface area contributed by atoms with Crippen molar-refractivity contribution in [2.75, 3.05) is 24.7 Å². The van der Waals surface area contributed by atoms with Crippen molar-refractivity contribution >= 4 is 49.5 Å². The lowest BCUT2D eigenvalue weighted by atomic mass is 10.1. The van der Waals surface area contributed by atoms with Crippen molar-refractivity contribution in [3.05, 3.63) is 47.1 Å². The Kier molecular flexibility index (Phi) is 8.07. The van der Waals surface area contributed by atoms with Gasteiger partial charge in [-0.05, 0) is 62.6 Å². The van der Waals surface area contributed by atoms with Crippen molar-refractivity contribution in [1.82, 2.24) is 28.8 Å². The fraction of sp³-hybridized carbons (Fsp3) is 0.536. The first kappa shape index (κ1) is 30.1. The van der Waals surface area contributed by atoms with E-state index >= 15 is 0 Å². The van der Waals surface area contributed by atoms with E-state index in [9.17, 15) is 26.7 Å². The average Bonchev–Trinajstić information content (AvgIpc) is 3.31. The summed E-state index contributed by atoms with van der Waals surface area (Å²) >= 11 is 5.81. The van der Waals surface area contributed by atoms with Gasteiger partial charge in [0.25, 0.3) is 0 Å². The lowest BCUT2D eigenvalue weighted by molar-refractivity contribution is -0.137. The van der Waals surface area contributed by atoms with Gasteiger partial charge >= 0.3 is 6.18 Å². The van der Waals surface area contributed by atoms with E-state index in [0.717, 1.165) is 35.8 Å². The number of H-pyrrole nitrogens is 1. The van der Waals surface area contributed by atoms with E-state index in [2.05, 4.69) is 25.3 Å². The highest BCUT2D eigenvalue weighted by molar-refractivity contribution is 7.88. The quantitative estimate of drug-likeness (QED) is 0.194. The zero-order chi connectivity index (χ0) is 30.5. The number of hydrogen-bond donors (Lipinski definition) is 3. The van der Waals surface area contributed by atoms with Crippen LogP contribution >= 0.6 is 11.6 Å². The van der Waals surface area contributed by atoms with Crippen molar-refractivity contribution in [2.45, 2.75) is 69.3 Å². The highest BCUT2D eigenvalue weighted by atomic mass is 35.5. The Morgan fingerprint density at radius 1 is 1.21 bits per heavy atom. The van der Waals surface area contributed by atoms with E-state index < -0.39 is 32.9 Å². The predicted molar refractivity (Wildman–Crippen MR) is 157 cm³/mol. The fourth-order valence-corrected chi connectivity index (χ4v) is 7.20. The van der Waals surface area contributed by atoms with Gasteiger partial charge in [-0.1, -0.05) is 11.6 Å². The Balaban J connectivity index is 1.07. The Labute approximate surface area is 251 Å². The number of aromatic amines is 1. The number of anilines is 1. The molecule has 3 heterocycles. The Bertz CT molecular complexity index is 1740. The second-order valence-electron chi connectivity index (χ2n) is 11.7. The minimum absolute atomic E-state index is 0.0407. The number of alkyl halides is 3. The number of hydrogen-bond acceptors (Lipinski definition) is 7. The lowest BCUT2D eigenvalue weighted by Crippen LogP contribution is -2.35. The molecule has 1 aromatic carbocycles. The van der Waals surface area contributed by atoms with Crippen molar-refractivity contribution < 1.29 is 26.7 Å². The fourth-order valence-electron chi connectivity index (χ4n) is 6.00. The minimum Gasteiger partial charge on any atom is -0.391 e. The molecule has 2 aliphatic carbocycles. The molecule has 4 aromatic rings. The van der Waals surface area contributed by atoms with Gasteiger partial charge in [0.05, 0.1) is 45.4 Å². The molecule has 15 heteroatoms. The second kappa shape index (κ2) is 11.5. The number of fused-ring (bicyclic) bond motifs is 2. The van der Waals surface area contributed by atoms with Crippen LogP contribution in [0, 0.1) is 5.92 Å². The first-order chi connectivity index (χ1) is 20.4. The molecule has 3 atom stereocenters. The minimum atomic E-state index is -4.57. The maximum Gasteiger partial charge on any atom is 0.417 e. The van der Waals surface area contributed by atoms with Crippen LogP contribution in [0.2, 0.25) is 5.02 Å². The maximum absolute atomic E-state index is 13.2. The molecule has 0 amide bonds. The Morgan fingerprint density at radius 3 is 2.72 bits per heavy atom. The van der Waals surface area contributed by atoms with Crippen LogP contribution in [-0.4, -0.2) is 73.8 Å². The molecule has 0 unspecified atom stereocenters. The van der Waals surface area contributed by atoms with Crippen molar-refractivity contribution in [2.24, 2.45) is 5.92 Å². The van der Waals surface area contributed by atoms with Crippen LogP contribution in [0.5, 0.6) is 0 Å². The van der Waals surface area contributed by atoms with E-state index in [1.165, 1.54) is 23.0 Å². The number of nitrogens with one attached hydrogen (secondary N) is 2. The number of sulfonamides is 1. The number of benzene rings is 1. The third-order valence-corrected chi connectivity index (χ3v) is 9.89. The molecule has 0 spiro atoms. The van der Waals surface area contributed by atoms with Crippen LogP contribution in [0.1, 0.15) is 56.0 Å².